The van der Waals surface area contributed by atoms with E-state index in [0.717, 1.165) is 22.0 Å². The molecular weight excluding hydrogens is 328 g/mol. The van der Waals surface area contributed by atoms with Crippen LogP contribution in [0.1, 0.15) is 34.5 Å². The van der Waals surface area contributed by atoms with Gasteiger partial charge in [-0.1, -0.05) is 41.7 Å². The van der Waals surface area contributed by atoms with E-state index in [1.54, 1.807) is 0 Å². The van der Waals surface area contributed by atoms with Crippen LogP contribution < -0.4 is 5.48 Å². The number of aryl methyl sites for hydroxylation is 1. The van der Waals surface area contributed by atoms with Crippen LogP contribution in [0.2, 0.25) is 0 Å². The molecule has 3 rings (SSSR count). The number of hydrogen-bond acceptors (Lipinski definition) is 6. The van der Waals surface area contributed by atoms with Gasteiger partial charge in [0.25, 0.3) is 0 Å². The molecule has 0 aliphatic carbocycles. The molecule has 1 aromatic carbocycles. The predicted molar refractivity (Wildman–Crippen MR) is 89.5 cm³/mol. The smallest absolute Gasteiger partial charge is 0.407 e. The van der Waals surface area contributed by atoms with Crippen molar-refractivity contribution in [3.05, 3.63) is 45.9 Å². The molecule has 1 aliphatic heterocycles. The second-order valence-electron chi connectivity index (χ2n) is 5.78. The number of carboxylic acid groups (broad SMARTS) is 1. The van der Waals surface area contributed by atoms with Gasteiger partial charge in [0.2, 0.25) is 0 Å². The molecule has 1 fully saturated rings. The molecular formula is C16H20N4O3S. The Bertz CT molecular complexity index is 679. The van der Waals surface area contributed by atoms with Gasteiger partial charge in [-0.3, -0.25) is 9.74 Å². The van der Waals surface area contributed by atoms with Gasteiger partial charge in [0.1, 0.15) is 10.0 Å². The van der Waals surface area contributed by atoms with E-state index < -0.39 is 6.09 Å². The molecule has 0 unspecified atom stereocenters. The van der Waals surface area contributed by atoms with Crippen molar-refractivity contribution in [1.29, 1.82) is 0 Å². The summed E-state index contributed by atoms with van der Waals surface area (Å²) in [6.07, 6.45) is 0.581. The summed E-state index contributed by atoms with van der Waals surface area (Å²) in [6.45, 7) is 2.69. The molecule has 0 saturated carbocycles. The van der Waals surface area contributed by atoms with Crippen LogP contribution >= 0.6 is 11.3 Å². The number of carbonyl (C=O) groups is 1. The number of piperidine rings is 1. The van der Waals surface area contributed by atoms with Gasteiger partial charge in [-0.25, -0.2) is 4.79 Å². The number of hydrogen-bond donors (Lipinski definition) is 2. The van der Waals surface area contributed by atoms with Gasteiger partial charge in [-0.15, -0.1) is 10.2 Å². The molecule has 1 aliphatic rings. The van der Waals surface area contributed by atoms with Gasteiger partial charge >= 0.3 is 6.09 Å². The molecule has 7 nitrogen and oxygen atoms in total. The van der Waals surface area contributed by atoms with Crippen molar-refractivity contribution in [2.45, 2.75) is 38.5 Å². The second kappa shape index (κ2) is 7.69. The largest absolute Gasteiger partial charge is 0.465 e. The normalized spacial score (nSPS) is 21.0. The van der Waals surface area contributed by atoms with E-state index in [-0.39, 0.29) is 12.1 Å². The zero-order valence-electron chi connectivity index (χ0n) is 13.4. The van der Waals surface area contributed by atoms with Gasteiger partial charge in [-0.2, -0.15) is 5.48 Å². The molecule has 0 spiro atoms. The minimum atomic E-state index is -0.942. The fourth-order valence-electron chi connectivity index (χ4n) is 2.80. The van der Waals surface area contributed by atoms with Gasteiger partial charge in [0.15, 0.2) is 0 Å². The van der Waals surface area contributed by atoms with Crippen LogP contribution in [0.3, 0.4) is 0 Å². The Morgan fingerprint density at radius 1 is 1.38 bits per heavy atom. The lowest BCUT2D eigenvalue weighted by Gasteiger charge is -2.36. The third kappa shape index (κ3) is 4.08. The highest BCUT2D eigenvalue weighted by Gasteiger charge is 2.34. The average Bonchev–Trinajstić information content (AvgIpc) is 3.02. The molecule has 2 atom stereocenters. The van der Waals surface area contributed by atoms with Crippen molar-refractivity contribution >= 4 is 17.4 Å². The van der Waals surface area contributed by atoms with Crippen LogP contribution in [0, 0.1) is 6.92 Å². The number of likely N-dealkylation sites (tertiary alicyclic amines) is 1. The van der Waals surface area contributed by atoms with Crippen molar-refractivity contribution in [3.63, 3.8) is 0 Å². The number of rotatable bonds is 5. The number of benzene rings is 1. The van der Waals surface area contributed by atoms with Crippen LogP contribution in [-0.2, 0) is 11.4 Å². The van der Waals surface area contributed by atoms with E-state index in [1.165, 1.54) is 16.2 Å². The summed E-state index contributed by atoms with van der Waals surface area (Å²) >= 11 is 1.45. The van der Waals surface area contributed by atoms with Crippen LogP contribution in [0.4, 0.5) is 4.79 Å². The number of nitrogens with one attached hydrogen (secondary N) is 1. The molecule has 24 heavy (non-hydrogen) atoms. The Morgan fingerprint density at radius 3 is 2.83 bits per heavy atom. The van der Waals surface area contributed by atoms with E-state index in [4.69, 9.17) is 4.84 Å². The first kappa shape index (κ1) is 16.8. The van der Waals surface area contributed by atoms with Crippen LogP contribution in [0.5, 0.6) is 0 Å². The van der Waals surface area contributed by atoms with Crippen LogP contribution in [0.15, 0.2) is 30.3 Å². The SMILES string of the molecule is Cc1nnc([C@H]2CC[C@H](NOCc3ccccc3)CN2C(=O)O)s1. The maximum Gasteiger partial charge on any atom is 0.407 e. The fraction of sp³-hybridized carbons (Fsp3) is 0.438. The molecule has 1 saturated heterocycles. The summed E-state index contributed by atoms with van der Waals surface area (Å²) in [6, 6.07) is 9.59. The highest BCUT2D eigenvalue weighted by atomic mass is 32.1. The van der Waals surface area contributed by atoms with Crippen molar-refractivity contribution < 1.29 is 14.7 Å². The van der Waals surface area contributed by atoms with E-state index >= 15 is 0 Å². The zero-order chi connectivity index (χ0) is 16.9. The lowest BCUT2D eigenvalue weighted by atomic mass is 9.99. The summed E-state index contributed by atoms with van der Waals surface area (Å²) in [7, 11) is 0. The van der Waals surface area contributed by atoms with Crippen LogP contribution in [-0.4, -0.2) is 38.9 Å². The monoisotopic (exact) mass is 348 g/mol. The van der Waals surface area contributed by atoms with Gasteiger partial charge < -0.3 is 5.11 Å². The molecule has 128 valence electrons. The Hall–Kier alpha value is -2.03. The highest BCUT2D eigenvalue weighted by Crippen LogP contribution is 2.32. The first-order valence-electron chi connectivity index (χ1n) is 7.84. The first-order valence-corrected chi connectivity index (χ1v) is 8.66. The minimum Gasteiger partial charge on any atom is -0.465 e. The fourth-order valence-corrected chi connectivity index (χ4v) is 3.65. The summed E-state index contributed by atoms with van der Waals surface area (Å²) < 4.78 is 0. The number of amides is 1. The number of aromatic nitrogens is 2. The topological polar surface area (TPSA) is 87.6 Å². The summed E-state index contributed by atoms with van der Waals surface area (Å²) in [5.74, 6) is 0. The Labute approximate surface area is 144 Å². The molecule has 1 aromatic heterocycles. The van der Waals surface area contributed by atoms with Gasteiger partial charge in [-0.05, 0) is 25.3 Å². The molecule has 1 amide bonds. The summed E-state index contributed by atoms with van der Waals surface area (Å²) in [5.41, 5.74) is 4.06. The average molecular weight is 348 g/mol. The molecule has 2 N–H and O–H groups in total. The Balaban J connectivity index is 1.56. The zero-order valence-corrected chi connectivity index (χ0v) is 14.2. The quantitative estimate of drug-likeness (QED) is 0.808. The maximum atomic E-state index is 11.6. The third-order valence-electron chi connectivity index (χ3n) is 3.99. The summed E-state index contributed by atoms with van der Waals surface area (Å²) in [5, 5.41) is 19.2. The summed E-state index contributed by atoms with van der Waals surface area (Å²) in [4.78, 5) is 18.6. The Morgan fingerprint density at radius 2 is 2.17 bits per heavy atom. The predicted octanol–water partition coefficient (Wildman–Crippen LogP) is 2.75. The van der Waals surface area contributed by atoms with Crippen molar-refractivity contribution in [1.82, 2.24) is 20.6 Å². The molecule has 0 bridgehead atoms. The second-order valence-corrected chi connectivity index (χ2v) is 6.99. The van der Waals surface area contributed by atoms with Crippen molar-refractivity contribution in [3.8, 4) is 0 Å². The molecule has 2 heterocycles. The Kier molecular flexibility index (Phi) is 5.39. The van der Waals surface area contributed by atoms with Crippen molar-refractivity contribution in [2.24, 2.45) is 0 Å². The van der Waals surface area contributed by atoms with Crippen LogP contribution in [0.25, 0.3) is 0 Å². The van der Waals surface area contributed by atoms with Crippen molar-refractivity contribution in [2.75, 3.05) is 6.54 Å². The lowest BCUT2D eigenvalue weighted by Crippen LogP contribution is -2.48. The maximum absolute atomic E-state index is 11.6. The van der Waals surface area contributed by atoms with Gasteiger partial charge in [0.05, 0.1) is 18.7 Å². The third-order valence-corrected chi connectivity index (χ3v) is 4.93. The van der Waals surface area contributed by atoms with E-state index in [1.807, 2.05) is 37.3 Å². The molecule has 2 aromatic rings. The van der Waals surface area contributed by atoms with E-state index in [0.29, 0.717) is 19.6 Å². The number of hydroxylamine groups is 1. The molecule has 8 heteroatoms. The molecule has 0 radical (unpaired) electrons. The number of nitrogens with zero attached hydrogens (tertiary/aromatic N) is 3. The first-order chi connectivity index (χ1) is 11.6. The standard InChI is InChI=1S/C16H20N4O3S/c1-11-17-18-15(24-11)14-8-7-13(9-20(14)16(21)22)19-23-10-12-5-3-2-4-6-12/h2-6,13-14,19H,7-10H2,1H3,(H,21,22)/t13-,14+/m0/s1. The minimum absolute atomic E-state index is 0.0323. The lowest BCUT2D eigenvalue weighted by molar-refractivity contribution is -0.0208. The highest BCUT2D eigenvalue weighted by molar-refractivity contribution is 7.11. The van der Waals surface area contributed by atoms with E-state index in [9.17, 15) is 9.90 Å². The van der Waals surface area contributed by atoms with E-state index in [2.05, 4.69) is 15.7 Å². The van der Waals surface area contributed by atoms with Gasteiger partial charge in [0, 0.05) is 6.54 Å².